The lowest BCUT2D eigenvalue weighted by atomic mass is 9.96. The van der Waals surface area contributed by atoms with E-state index in [0.29, 0.717) is 17.4 Å². The van der Waals surface area contributed by atoms with Crippen LogP contribution in [0.4, 0.5) is 0 Å². The number of rotatable bonds is 7. The highest BCUT2D eigenvalue weighted by Gasteiger charge is 2.19. The number of carboxylic acid groups (broad SMARTS) is 1. The van der Waals surface area contributed by atoms with Crippen molar-refractivity contribution in [3.63, 3.8) is 0 Å². The van der Waals surface area contributed by atoms with Crippen LogP contribution in [-0.4, -0.2) is 25.4 Å². The Morgan fingerprint density at radius 1 is 1.27 bits per heavy atom. The number of carbonyl (C=O) groups excluding carboxylic acids is 1. The number of amides is 1. The lowest BCUT2D eigenvalue weighted by Gasteiger charge is -2.13. The lowest BCUT2D eigenvalue weighted by Crippen LogP contribution is -2.32. The Kier molecular flexibility index (Phi) is 5.87. The van der Waals surface area contributed by atoms with Gasteiger partial charge in [-0.1, -0.05) is 37.8 Å². The predicted molar refractivity (Wildman–Crippen MR) is 82.6 cm³/mol. The highest BCUT2D eigenvalue weighted by Crippen LogP contribution is 2.18. The van der Waals surface area contributed by atoms with E-state index >= 15 is 0 Å². The van der Waals surface area contributed by atoms with Crippen molar-refractivity contribution < 1.29 is 23.1 Å². The van der Waals surface area contributed by atoms with E-state index in [2.05, 4.69) is 6.58 Å². The summed E-state index contributed by atoms with van der Waals surface area (Å²) in [5.41, 5.74) is 1.48. The van der Waals surface area contributed by atoms with Crippen molar-refractivity contribution in [2.45, 2.75) is 26.2 Å². The third-order valence-corrected chi connectivity index (χ3v) is 4.22. The second-order valence-electron chi connectivity index (χ2n) is 5.08. The zero-order valence-corrected chi connectivity index (χ0v) is 13.3. The maximum Gasteiger partial charge on any atom is 0.306 e. The van der Waals surface area contributed by atoms with Gasteiger partial charge in [-0.25, -0.2) is 13.1 Å². The summed E-state index contributed by atoms with van der Waals surface area (Å²) in [6, 6.07) is 6.85. The second kappa shape index (κ2) is 7.22. The number of benzene rings is 1. The molecule has 1 aromatic carbocycles. The number of nitrogens with one attached hydrogen (secondary N) is 1. The molecule has 0 aromatic heterocycles. The van der Waals surface area contributed by atoms with Gasteiger partial charge in [-0.2, -0.15) is 0 Å². The predicted octanol–water partition coefficient (Wildman–Crippen LogP) is 1.64. The third-order valence-electron chi connectivity index (χ3n) is 3.30. The van der Waals surface area contributed by atoms with Crippen molar-refractivity contribution in [1.29, 1.82) is 0 Å². The van der Waals surface area contributed by atoms with Gasteiger partial charge in [0.25, 0.3) is 10.0 Å². The van der Waals surface area contributed by atoms with Crippen molar-refractivity contribution in [2.24, 2.45) is 5.92 Å². The normalized spacial score (nSPS) is 13.9. The number of hydrogen-bond acceptors (Lipinski definition) is 4. The van der Waals surface area contributed by atoms with Crippen molar-refractivity contribution >= 4 is 21.9 Å². The molecule has 0 aliphatic heterocycles. The molecule has 7 heteroatoms. The monoisotopic (exact) mass is 325 g/mol. The molecule has 1 rings (SSSR count). The number of carboxylic acids is 1. The van der Waals surface area contributed by atoms with E-state index in [1.807, 2.05) is 4.72 Å². The zero-order valence-electron chi connectivity index (χ0n) is 12.4. The van der Waals surface area contributed by atoms with Crippen LogP contribution < -0.4 is 4.72 Å². The smallest absolute Gasteiger partial charge is 0.306 e. The molecule has 0 saturated carbocycles. The first-order chi connectivity index (χ1) is 10.2. The van der Waals surface area contributed by atoms with Crippen molar-refractivity contribution in [3.05, 3.63) is 47.4 Å². The molecule has 2 atom stereocenters. The molecule has 0 aliphatic carbocycles. The van der Waals surface area contributed by atoms with Gasteiger partial charge in [0.05, 0.1) is 11.8 Å². The average Bonchev–Trinajstić information content (AvgIpc) is 2.46. The number of aliphatic carboxylic acids is 1. The van der Waals surface area contributed by atoms with Crippen LogP contribution in [0.15, 0.2) is 36.3 Å². The molecule has 0 fully saturated rings. The number of sulfonamides is 1. The van der Waals surface area contributed by atoms with Crippen LogP contribution in [0.3, 0.4) is 0 Å². The van der Waals surface area contributed by atoms with Gasteiger partial charge in [-0.3, -0.25) is 9.59 Å². The molecule has 0 bridgehead atoms. The molecule has 0 heterocycles. The van der Waals surface area contributed by atoms with Gasteiger partial charge in [-0.05, 0) is 24.5 Å². The molecule has 0 radical (unpaired) electrons. The van der Waals surface area contributed by atoms with Crippen molar-refractivity contribution in [3.8, 4) is 0 Å². The van der Waals surface area contributed by atoms with Gasteiger partial charge in [0, 0.05) is 5.41 Å². The molecular weight excluding hydrogens is 306 g/mol. The van der Waals surface area contributed by atoms with E-state index in [9.17, 15) is 18.0 Å². The Hall–Kier alpha value is -2.15. The van der Waals surface area contributed by atoms with E-state index in [1.165, 1.54) is 0 Å². The summed E-state index contributed by atoms with van der Waals surface area (Å²) in [7, 11) is -3.81. The fourth-order valence-electron chi connectivity index (χ4n) is 1.80. The maximum atomic E-state index is 11.9. The molecule has 22 heavy (non-hydrogen) atoms. The van der Waals surface area contributed by atoms with E-state index in [4.69, 9.17) is 5.11 Å². The highest BCUT2D eigenvalue weighted by molar-refractivity contribution is 7.92. The summed E-state index contributed by atoms with van der Waals surface area (Å²) in [6.45, 7) is 6.32. The summed E-state index contributed by atoms with van der Waals surface area (Å²) in [6.07, 6.45) is 0.390. The third kappa shape index (κ3) is 5.00. The molecule has 120 valence electrons. The maximum absolute atomic E-state index is 11.9. The number of hydrogen-bond donors (Lipinski definition) is 2. The van der Waals surface area contributed by atoms with E-state index < -0.39 is 33.7 Å². The fraction of sp³-hybridized carbons (Fsp3) is 0.333. The second-order valence-corrected chi connectivity index (χ2v) is 6.71. The molecule has 6 nitrogen and oxygen atoms in total. The topological polar surface area (TPSA) is 101 Å². The van der Waals surface area contributed by atoms with Crippen LogP contribution in [0.2, 0.25) is 0 Å². The summed E-state index contributed by atoms with van der Waals surface area (Å²) in [4.78, 5) is 22.7. The molecule has 1 amide bonds. The summed E-state index contributed by atoms with van der Waals surface area (Å²) in [5, 5.41) is 9.55. The Bertz CT molecular complexity index is 664. The first-order valence-corrected chi connectivity index (χ1v) is 8.21. The Morgan fingerprint density at radius 3 is 2.27 bits per heavy atom. The van der Waals surface area contributed by atoms with Gasteiger partial charge in [0.15, 0.2) is 0 Å². The first kappa shape index (κ1) is 17.9. The van der Waals surface area contributed by atoms with Crippen LogP contribution in [0.5, 0.6) is 0 Å². The molecular formula is C15H19NO5S. The molecule has 0 aliphatic rings. The standard InChI is InChI=1S/C15H19NO5S/c1-4-22(20,21)16-14(17)11(3)13-7-5-12(6-8-13)9-10(2)15(18)19/h4-8,10-11H,1,9H2,2-3H3,(H,16,17)(H,18,19)/t10-,11+/m0/s1. The minimum absolute atomic E-state index is 0.390. The van der Waals surface area contributed by atoms with Gasteiger partial charge >= 0.3 is 5.97 Å². The quantitative estimate of drug-likeness (QED) is 0.794. The Balaban J connectivity index is 2.79. The molecule has 0 unspecified atom stereocenters. The minimum Gasteiger partial charge on any atom is -0.481 e. The zero-order chi connectivity index (χ0) is 16.9. The van der Waals surface area contributed by atoms with Crippen LogP contribution in [0, 0.1) is 5.92 Å². The van der Waals surface area contributed by atoms with Crippen LogP contribution >= 0.6 is 0 Å². The summed E-state index contributed by atoms with van der Waals surface area (Å²) >= 11 is 0. The van der Waals surface area contributed by atoms with Crippen molar-refractivity contribution in [2.75, 3.05) is 0 Å². The Labute approximate surface area is 129 Å². The van der Waals surface area contributed by atoms with Crippen molar-refractivity contribution in [1.82, 2.24) is 4.72 Å². The first-order valence-electron chi connectivity index (χ1n) is 6.67. The largest absolute Gasteiger partial charge is 0.481 e. The SMILES string of the molecule is C=CS(=O)(=O)NC(=O)[C@H](C)c1ccc(C[C@H](C)C(=O)O)cc1. The molecule has 1 aromatic rings. The number of carbonyl (C=O) groups is 2. The average molecular weight is 325 g/mol. The highest BCUT2D eigenvalue weighted by atomic mass is 32.2. The van der Waals surface area contributed by atoms with Crippen LogP contribution in [0.25, 0.3) is 0 Å². The fourth-order valence-corrected chi connectivity index (χ4v) is 2.35. The lowest BCUT2D eigenvalue weighted by molar-refractivity contribution is -0.141. The van der Waals surface area contributed by atoms with Gasteiger partial charge in [0.2, 0.25) is 5.91 Å². The van der Waals surface area contributed by atoms with E-state index in [1.54, 1.807) is 38.1 Å². The van der Waals surface area contributed by atoms with Crippen LogP contribution in [-0.2, 0) is 26.0 Å². The summed E-state index contributed by atoms with van der Waals surface area (Å²) in [5.74, 6) is -2.66. The van der Waals surface area contributed by atoms with E-state index in [0.717, 1.165) is 5.56 Å². The minimum atomic E-state index is -3.81. The molecule has 2 N–H and O–H groups in total. The van der Waals surface area contributed by atoms with Gasteiger partial charge < -0.3 is 5.11 Å². The van der Waals surface area contributed by atoms with Crippen LogP contribution in [0.1, 0.15) is 30.9 Å². The molecule has 0 saturated heterocycles. The Morgan fingerprint density at radius 2 is 1.82 bits per heavy atom. The molecule has 0 spiro atoms. The van der Waals surface area contributed by atoms with Gasteiger partial charge in [-0.15, -0.1) is 0 Å². The summed E-state index contributed by atoms with van der Waals surface area (Å²) < 4.78 is 24.5. The van der Waals surface area contributed by atoms with E-state index in [-0.39, 0.29) is 0 Å². The van der Waals surface area contributed by atoms with Gasteiger partial charge in [0.1, 0.15) is 0 Å².